The van der Waals surface area contributed by atoms with Crippen LogP contribution < -0.4 is 23.8 Å². The van der Waals surface area contributed by atoms with Crippen LogP contribution in [0.5, 0.6) is 17.2 Å². The Bertz CT molecular complexity index is 1330. The Hall–Kier alpha value is -3.43. The average molecular weight is 517 g/mol. The zero-order valence-electron chi connectivity index (χ0n) is 19.4. The maximum atomic E-state index is 13.6. The Balaban J connectivity index is 1.64. The van der Waals surface area contributed by atoms with Crippen LogP contribution in [0.2, 0.25) is 5.02 Å². The van der Waals surface area contributed by atoms with Crippen LogP contribution in [0.3, 0.4) is 0 Å². The highest BCUT2D eigenvalue weighted by Gasteiger charge is 2.38. The molecule has 184 valence electrons. The summed E-state index contributed by atoms with van der Waals surface area (Å²) in [6.07, 6.45) is -1.09. The van der Waals surface area contributed by atoms with E-state index in [1.807, 2.05) is 25.1 Å². The van der Waals surface area contributed by atoms with Crippen LogP contribution in [0.15, 0.2) is 71.6 Å². The molecule has 0 saturated heterocycles. The molecule has 3 aromatic carbocycles. The number of methoxy groups -OCH3 is 2. The fourth-order valence-corrected chi connectivity index (χ4v) is 5.51. The molecule has 8 nitrogen and oxygen atoms in total. The highest BCUT2D eigenvalue weighted by molar-refractivity contribution is 7.92. The molecule has 2 atom stereocenters. The van der Waals surface area contributed by atoms with E-state index in [0.717, 1.165) is 9.87 Å². The SMILES string of the molecule is COc1ccc(S(=O)(=O)N2C[C@@H](C(=O)N[C@H](C)c3ccccc3OC)Oc3ccc(Cl)cc32)cc1. The first-order chi connectivity index (χ1) is 16.7. The number of anilines is 1. The van der Waals surface area contributed by atoms with E-state index in [2.05, 4.69) is 5.32 Å². The van der Waals surface area contributed by atoms with Crippen molar-refractivity contribution >= 4 is 33.2 Å². The molecule has 1 heterocycles. The number of carbonyl (C=O) groups excluding carboxylic acids is 1. The summed E-state index contributed by atoms with van der Waals surface area (Å²) in [6.45, 7) is 1.59. The van der Waals surface area contributed by atoms with Crippen molar-refractivity contribution in [3.05, 3.63) is 77.3 Å². The lowest BCUT2D eigenvalue weighted by Crippen LogP contribution is -2.51. The molecule has 3 aromatic rings. The van der Waals surface area contributed by atoms with Gasteiger partial charge in [0.2, 0.25) is 0 Å². The van der Waals surface area contributed by atoms with Crippen LogP contribution in [-0.4, -0.2) is 41.2 Å². The number of nitrogens with one attached hydrogen (secondary N) is 1. The van der Waals surface area contributed by atoms with E-state index in [1.165, 1.54) is 25.3 Å². The van der Waals surface area contributed by atoms with Crippen molar-refractivity contribution < 1.29 is 27.4 Å². The maximum Gasteiger partial charge on any atom is 0.264 e. The van der Waals surface area contributed by atoms with Gasteiger partial charge in [0.05, 0.1) is 37.4 Å². The van der Waals surface area contributed by atoms with Gasteiger partial charge < -0.3 is 19.5 Å². The number of hydrogen-bond acceptors (Lipinski definition) is 6. The minimum atomic E-state index is -4.04. The summed E-state index contributed by atoms with van der Waals surface area (Å²) in [5.74, 6) is 0.937. The summed E-state index contributed by atoms with van der Waals surface area (Å²) in [7, 11) is -0.980. The summed E-state index contributed by atoms with van der Waals surface area (Å²) >= 11 is 6.16. The first kappa shape index (κ1) is 24.7. The van der Waals surface area contributed by atoms with Crippen LogP contribution in [0, 0.1) is 0 Å². The molecule has 0 radical (unpaired) electrons. The third kappa shape index (κ3) is 5.01. The summed E-state index contributed by atoms with van der Waals surface area (Å²) in [5.41, 5.74) is 1.05. The van der Waals surface area contributed by atoms with E-state index >= 15 is 0 Å². The normalized spacial score (nSPS) is 16.0. The van der Waals surface area contributed by atoms with Crippen LogP contribution in [0.25, 0.3) is 0 Å². The number of sulfonamides is 1. The number of carbonyl (C=O) groups is 1. The fourth-order valence-electron chi connectivity index (χ4n) is 3.87. The lowest BCUT2D eigenvalue weighted by Gasteiger charge is -2.35. The molecule has 35 heavy (non-hydrogen) atoms. The minimum Gasteiger partial charge on any atom is -0.497 e. The van der Waals surface area contributed by atoms with Gasteiger partial charge in [-0.3, -0.25) is 9.10 Å². The summed E-state index contributed by atoms with van der Waals surface area (Å²) in [4.78, 5) is 13.3. The van der Waals surface area contributed by atoms with E-state index in [1.54, 1.807) is 37.4 Å². The fraction of sp³-hybridized carbons (Fsp3) is 0.240. The number of hydrogen-bond donors (Lipinski definition) is 1. The molecule has 0 saturated carbocycles. The first-order valence-corrected chi connectivity index (χ1v) is 12.6. The number of fused-ring (bicyclic) bond motifs is 1. The molecule has 0 spiro atoms. The van der Waals surface area contributed by atoms with E-state index in [0.29, 0.717) is 16.5 Å². The second-order valence-electron chi connectivity index (χ2n) is 7.90. The van der Waals surface area contributed by atoms with Gasteiger partial charge in [-0.05, 0) is 55.5 Å². The molecule has 0 fully saturated rings. The summed E-state index contributed by atoms with van der Waals surface area (Å²) in [5, 5.41) is 3.24. The van der Waals surface area contributed by atoms with Gasteiger partial charge >= 0.3 is 0 Å². The van der Waals surface area contributed by atoms with E-state index in [-0.39, 0.29) is 22.9 Å². The Kier molecular flexibility index (Phi) is 7.09. The summed E-state index contributed by atoms with van der Waals surface area (Å²) < 4.78 is 44.8. The van der Waals surface area contributed by atoms with Gasteiger partial charge in [0.1, 0.15) is 17.2 Å². The van der Waals surface area contributed by atoms with E-state index in [9.17, 15) is 13.2 Å². The van der Waals surface area contributed by atoms with Crippen molar-refractivity contribution in [1.29, 1.82) is 0 Å². The largest absolute Gasteiger partial charge is 0.497 e. The molecule has 1 aliphatic heterocycles. The quantitative estimate of drug-likeness (QED) is 0.506. The van der Waals surface area contributed by atoms with Gasteiger partial charge in [0.15, 0.2) is 6.10 Å². The lowest BCUT2D eigenvalue weighted by molar-refractivity contribution is -0.128. The molecule has 0 bridgehead atoms. The predicted molar refractivity (Wildman–Crippen MR) is 133 cm³/mol. The van der Waals surface area contributed by atoms with Crippen molar-refractivity contribution in [1.82, 2.24) is 5.32 Å². The van der Waals surface area contributed by atoms with Crippen molar-refractivity contribution in [3.63, 3.8) is 0 Å². The summed E-state index contributed by atoms with van der Waals surface area (Å²) in [6, 6.07) is 17.6. The topological polar surface area (TPSA) is 94.2 Å². The van der Waals surface area contributed by atoms with Gasteiger partial charge in [0, 0.05) is 10.6 Å². The van der Waals surface area contributed by atoms with Crippen molar-refractivity contribution in [2.24, 2.45) is 0 Å². The van der Waals surface area contributed by atoms with Crippen molar-refractivity contribution in [3.8, 4) is 17.2 Å². The molecule has 0 unspecified atom stereocenters. The van der Waals surface area contributed by atoms with Crippen molar-refractivity contribution in [2.45, 2.75) is 24.0 Å². The number of halogens is 1. The molecular formula is C25H25ClN2O6S. The maximum absolute atomic E-state index is 13.6. The molecule has 1 amide bonds. The van der Waals surface area contributed by atoms with Gasteiger partial charge in [-0.2, -0.15) is 0 Å². The van der Waals surface area contributed by atoms with Crippen LogP contribution >= 0.6 is 11.6 Å². The van der Waals surface area contributed by atoms with Crippen LogP contribution in [0.1, 0.15) is 18.5 Å². The zero-order valence-corrected chi connectivity index (χ0v) is 21.0. The minimum absolute atomic E-state index is 0.0488. The molecular weight excluding hydrogens is 492 g/mol. The number of rotatable bonds is 7. The number of benzene rings is 3. The molecule has 1 N–H and O–H groups in total. The van der Waals surface area contributed by atoms with Gasteiger partial charge in [-0.25, -0.2) is 8.42 Å². The molecule has 1 aliphatic rings. The molecule has 10 heteroatoms. The van der Waals surface area contributed by atoms with Gasteiger partial charge in [-0.1, -0.05) is 29.8 Å². The van der Waals surface area contributed by atoms with Gasteiger partial charge in [0.25, 0.3) is 15.9 Å². The van der Waals surface area contributed by atoms with Crippen LogP contribution in [-0.2, 0) is 14.8 Å². The van der Waals surface area contributed by atoms with Crippen LogP contribution in [0.4, 0.5) is 5.69 Å². The highest BCUT2D eigenvalue weighted by Crippen LogP contribution is 2.39. The Morgan fingerprint density at radius 1 is 1.09 bits per heavy atom. The molecule has 4 rings (SSSR count). The highest BCUT2D eigenvalue weighted by atomic mass is 35.5. The monoisotopic (exact) mass is 516 g/mol. The number of nitrogens with zero attached hydrogens (tertiary/aromatic N) is 1. The second-order valence-corrected chi connectivity index (χ2v) is 10.2. The second kappa shape index (κ2) is 10.1. The number of para-hydroxylation sites is 1. The number of ether oxygens (including phenoxy) is 3. The van der Waals surface area contributed by atoms with E-state index < -0.39 is 28.1 Å². The Labute approximate surface area is 209 Å². The average Bonchev–Trinajstić information content (AvgIpc) is 2.87. The standard InChI is InChI=1S/C25H25ClN2O6S/c1-16(20-6-4-5-7-22(20)33-3)27-25(29)24-15-28(21-14-17(26)8-13-23(21)34-24)35(30,31)19-11-9-18(32-2)10-12-19/h4-14,16,24H,15H2,1-3H3,(H,27,29)/t16-,24+/m1/s1. The smallest absolute Gasteiger partial charge is 0.264 e. The third-order valence-electron chi connectivity index (χ3n) is 5.69. The third-order valence-corrected chi connectivity index (χ3v) is 7.72. The lowest BCUT2D eigenvalue weighted by atomic mass is 10.1. The van der Waals surface area contributed by atoms with Gasteiger partial charge in [-0.15, -0.1) is 0 Å². The Morgan fingerprint density at radius 3 is 2.49 bits per heavy atom. The Morgan fingerprint density at radius 2 is 1.80 bits per heavy atom. The number of amides is 1. The molecule has 0 aromatic heterocycles. The predicted octanol–water partition coefficient (Wildman–Crippen LogP) is 4.19. The molecule has 0 aliphatic carbocycles. The zero-order chi connectivity index (χ0) is 25.2. The first-order valence-electron chi connectivity index (χ1n) is 10.8. The van der Waals surface area contributed by atoms with E-state index in [4.69, 9.17) is 25.8 Å². The van der Waals surface area contributed by atoms with Crippen molar-refractivity contribution in [2.75, 3.05) is 25.1 Å².